The van der Waals surface area contributed by atoms with Crippen molar-refractivity contribution in [2.75, 3.05) is 26.8 Å². The van der Waals surface area contributed by atoms with Gasteiger partial charge in [-0.05, 0) is 13.0 Å². The molecule has 0 saturated carbocycles. The van der Waals surface area contributed by atoms with Crippen molar-refractivity contribution >= 4 is 0 Å². The van der Waals surface area contributed by atoms with Gasteiger partial charge in [0.1, 0.15) is 0 Å². The Morgan fingerprint density at radius 2 is 2.30 bits per heavy atom. The third-order valence-electron chi connectivity index (χ3n) is 1.59. The number of nitrogens with two attached hydrogens (primary N) is 1. The molecular weight excluding hydrogens is 126 g/mol. The second-order valence-electron chi connectivity index (χ2n) is 2.65. The van der Waals surface area contributed by atoms with Crippen molar-refractivity contribution < 1.29 is 0 Å². The third-order valence-corrected chi connectivity index (χ3v) is 1.59. The van der Waals surface area contributed by atoms with Crippen LogP contribution in [0.5, 0.6) is 0 Å². The van der Waals surface area contributed by atoms with Crippen molar-refractivity contribution in [2.45, 2.75) is 6.42 Å². The summed E-state index contributed by atoms with van der Waals surface area (Å²) < 4.78 is 0. The Labute approximate surface area is 62.1 Å². The molecule has 3 nitrogen and oxygen atoms in total. The topological polar surface area (TPSA) is 32.5 Å². The monoisotopic (exact) mass is 141 g/mol. The summed E-state index contributed by atoms with van der Waals surface area (Å²) in [6.07, 6.45) is 5.27. The van der Waals surface area contributed by atoms with Crippen LogP contribution < -0.4 is 5.73 Å². The Kier molecular flexibility index (Phi) is 2.57. The van der Waals surface area contributed by atoms with Gasteiger partial charge in [-0.25, -0.2) is 0 Å². The minimum Gasteiger partial charge on any atom is -0.362 e. The van der Waals surface area contributed by atoms with Crippen LogP contribution in [-0.4, -0.2) is 36.6 Å². The Morgan fingerprint density at radius 3 is 2.80 bits per heavy atom. The summed E-state index contributed by atoms with van der Waals surface area (Å²) in [4.78, 5) is 4.41. The minimum atomic E-state index is 0.786. The smallest absolute Gasteiger partial charge is 0.0890 e. The maximum absolute atomic E-state index is 5.38. The molecule has 1 rings (SSSR count). The van der Waals surface area contributed by atoms with Crippen LogP contribution in [0.25, 0.3) is 0 Å². The van der Waals surface area contributed by atoms with Crippen LogP contribution in [0, 0.1) is 0 Å². The second kappa shape index (κ2) is 3.46. The normalized spacial score (nSPS) is 17.0. The van der Waals surface area contributed by atoms with E-state index in [1.54, 1.807) is 0 Å². The highest BCUT2D eigenvalue weighted by atomic mass is 15.3. The van der Waals surface area contributed by atoms with Gasteiger partial charge in [0.2, 0.25) is 0 Å². The maximum atomic E-state index is 5.38. The first-order valence-electron chi connectivity index (χ1n) is 3.65. The van der Waals surface area contributed by atoms with E-state index in [9.17, 15) is 0 Å². The maximum Gasteiger partial charge on any atom is 0.0890 e. The Balaban J connectivity index is 2.14. The van der Waals surface area contributed by atoms with E-state index in [4.69, 9.17) is 5.73 Å². The molecule has 0 radical (unpaired) electrons. The van der Waals surface area contributed by atoms with Crippen molar-refractivity contribution in [3.05, 3.63) is 12.4 Å². The van der Waals surface area contributed by atoms with Crippen LogP contribution in [0.3, 0.4) is 0 Å². The fourth-order valence-corrected chi connectivity index (χ4v) is 1.03. The van der Waals surface area contributed by atoms with Crippen LogP contribution >= 0.6 is 0 Å². The van der Waals surface area contributed by atoms with Crippen LogP contribution in [0.2, 0.25) is 0 Å². The lowest BCUT2D eigenvalue weighted by Gasteiger charge is -2.16. The van der Waals surface area contributed by atoms with Gasteiger partial charge in [-0.15, -0.1) is 0 Å². The molecule has 1 aliphatic rings. The second-order valence-corrected chi connectivity index (χ2v) is 2.65. The molecule has 1 aliphatic heterocycles. The summed E-state index contributed by atoms with van der Waals surface area (Å²) in [5.41, 5.74) is 5.38. The van der Waals surface area contributed by atoms with Crippen molar-refractivity contribution in [3.63, 3.8) is 0 Å². The summed E-state index contributed by atoms with van der Waals surface area (Å²) in [5, 5.41) is 0. The summed E-state index contributed by atoms with van der Waals surface area (Å²) >= 11 is 0. The van der Waals surface area contributed by atoms with E-state index < -0.39 is 0 Å². The van der Waals surface area contributed by atoms with Crippen molar-refractivity contribution in [1.29, 1.82) is 0 Å². The molecule has 0 aliphatic carbocycles. The van der Waals surface area contributed by atoms with Gasteiger partial charge in [0.15, 0.2) is 0 Å². The molecule has 0 aromatic carbocycles. The van der Waals surface area contributed by atoms with Gasteiger partial charge < -0.3 is 15.5 Å². The molecule has 10 heavy (non-hydrogen) atoms. The predicted molar refractivity (Wildman–Crippen MR) is 42.1 cm³/mol. The van der Waals surface area contributed by atoms with Crippen LogP contribution in [-0.2, 0) is 0 Å². The fraction of sp³-hybridized carbons (Fsp3) is 0.714. The van der Waals surface area contributed by atoms with Gasteiger partial charge in [-0.1, -0.05) is 0 Å². The molecular formula is C7H15N3. The standard InChI is InChI=1S/C7H15N3/c1-9-5-6-10(7-9)4-2-3-8/h5-6H,2-4,7-8H2,1H3. The molecule has 2 N–H and O–H groups in total. The molecule has 1 heterocycles. The lowest BCUT2D eigenvalue weighted by molar-refractivity contribution is 0.295. The fourth-order valence-electron chi connectivity index (χ4n) is 1.03. The Morgan fingerprint density at radius 1 is 1.50 bits per heavy atom. The van der Waals surface area contributed by atoms with E-state index in [-0.39, 0.29) is 0 Å². The Bertz CT molecular complexity index is 122. The van der Waals surface area contributed by atoms with Crippen LogP contribution in [0.1, 0.15) is 6.42 Å². The molecule has 58 valence electrons. The SMILES string of the molecule is CN1C=CN(CCCN)C1. The number of nitrogens with zero attached hydrogens (tertiary/aromatic N) is 2. The van der Waals surface area contributed by atoms with E-state index >= 15 is 0 Å². The van der Waals surface area contributed by atoms with E-state index in [1.165, 1.54) is 0 Å². The third kappa shape index (κ3) is 1.92. The summed E-state index contributed by atoms with van der Waals surface area (Å²) in [6.45, 7) is 2.88. The predicted octanol–water partition coefficient (Wildman–Crippen LogP) is 0.0113. The highest BCUT2D eigenvalue weighted by Crippen LogP contribution is 2.02. The highest BCUT2D eigenvalue weighted by molar-refractivity contribution is 4.88. The average molecular weight is 141 g/mol. The van der Waals surface area contributed by atoms with Crippen molar-refractivity contribution in [2.24, 2.45) is 5.73 Å². The molecule has 0 spiro atoms. The number of hydrogen-bond acceptors (Lipinski definition) is 3. The first kappa shape index (κ1) is 7.41. The van der Waals surface area contributed by atoms with Gasteiger partial charge >= 0.3 is 0 Å². The zero-order chi connectivity index (χ0) is 7.40. The summed E-state index contributed by atoms with van der Waals surface area (Å²) in [7, 11) is 2.07. The number of hydrogen-bond donors (Lipinski definition) is 1. The van der Waals surface area contributed by atoms with Gasteiger partial charge in [0, 0.05) is 26.0 Å². The van der Waals surface area contributed by atoms with E-state index in [0.29, 0.717) is 0 Å². The van der Waals surface area contributed by atoms with E-state index in [0.717, 1.165) is 26.2 Å². The first-order chi connectivity index (χ1) is 4.83. The molecule has 0 unspecified atom stereocenters. The minimum absolute atomic E-state index is 0.786. The molecule has 0 aromatic heterocycles. The van der Waals surface area contributed by atoms with Crippen LogP contribution in [0.4, 0.5) is 0 Å². The zero-order valence-corrected chi connectivity index (χ0v) is 6.45. The molecule has 0 amide bonds. The van der Waals surface area contributed by atoms with Crippen molar-refractivity contribution in [3.8, 4) is 0 Å². The quantitative estimate of drug-likeness (QED) is 0.601. The van der Waals surface area contributed by atoms with E-state index in [2.05, 4.69) is 29.2 Å². The molecule has 0 fully saturated rings. The lowest BCUT2D eigenvalue weighted by atomic mass is 10.4. The highest BCUT2D eigenvalue weighted by Gasteiger charge is 2.05. The first-order valence-corrected chi connectivity index (χ1v) is 3.65. The van der Waals surface area contributed by atoms with Crippen LogP contribution in [0.15, 0.2) is 12.4 Å². The molecule has 3 heteroatoms. The van der Waals surface area contributed by atoms with Crippen molar-refractivity contribution in [1.82, 2.24) is 9.80 Å². The molecule has 0 aromatic rings. The summed E-state index contributed by atoms with van der Waals surface area (Å²) in [5.74, 6) is 0. The molecule has 0 atom stereocenters. The zero-order valence-electron chi connectivity index (χ0n) is 6.45. The van der Waals surface area contributed by atoms with Gasteiger partial charge in [0.25, 0.3) is 0 Å². The summed E-state index contributed by atoms with van der Waals surface area (Å²) in [6, 6.07) is 0. The molecule has 0 saturated heterocycles. The van der Waals surface area contributed by atoms with Gasteiger partial charge in [-0.3, -0.25) is 0 Å². The molecule has 0 bridgehead atoms. The van der Waals surface area contributed by atoms with E-state index in [1.807, 2.05) is 0 Å². The lowest BCUT2D eigenvalue weighted by Crippen LogP contribution is -2.24. The van der Waals surface area contributed by atoms with Gasteiger partial charge in [0.05, 0.1) is 6.67 Å². The average Bonchev–Trinajstić information content (AvgIpc) is 2.31. The Hall–Kier alpha value is -0.700. The van der Waals surface area contributed by atoms with Gasteiger partial charge in [-0.2, -0.15) is 0 Å². The number of rotatable bonds is 3. The largest absolute Gasteiger partial charge is 0.362 e.